The van der Waals surface area contributed by atoms with Gasteiger partial charge in [0.15, 0.2) is 0 Å². The van der Waals surface area contributed by atoms with E-state index in [0.717, 1.165) is 15.4 Å². The van der Waals surface area contributed by atoms with Crippen LogP contribution in [0.25, 0.3) is 10.8 Å². The van der Waals surface area contributed by atoms with Gasteiger partial charge in [-0.05, 0) is 45.3 Å². The van der Waals surface area contributed by atoms with Crippen molar-refractivity contribution in [1.82, 2.24) is 0 Å². The Hall–Kier alpha value is -1.02. The fraction of sp³-hybridized carbons (Fsp3) is 0.0909. The molecule has 0 radical (unpaired) electrons. The molecule has 0 amide bonds. The lowest BCUT2D eigenvalue weighted by Crippen LogP contribution is -1.80. The number of rotatable bonds is 0. The van der Waals surface area contributed by atoms with E-state index in [2.05, 4.69) is 22.0 Å². The number of benzene rings is 2. The van der Waals surface area contributed by atoms with E-state index >= 15 is 0 Å². The predicted octanol–water partition coefficient (Wildman–Crippen LogP) is 3.62. The summed E-state index contributed by atoms with van der Waals surface area (Å²) in [6.45, 7) is 1.99. The van der Waals surface area contributed by atoms with Crippen LogP contribution in [0.3, 0.4) is 0 Å². The van der Waals surface area contributed by atoms with Crippen LogP contribution in [0.5, 0.6) is 5.75 Å². The van der Waals surface area contributed by atoms with E-state index in [4.69, 9.17) is 0 Å². The Bertz CT molecular complexity index is 463. The molecule has 0 aromatic heterocycles. The second-order valence-corrected chi connectivity index (χ2v) is 3.87. The molecular formula is C11H9BrO. The highest BCUT2D eigenvalue weighted by molar-refractivity contribution is 9.10. The van der Waals surface area contributed by atoms with Crippen LogP contribution in [0, 0.1) is 6.92 Å². The fourth-order valence-electron chi connectivity index (χ4n) is 1.50. The molecule has 0 bridgehead atoms. The summed E-state index contributed by atoms with van der Waals surface area (Å²) in [4.78, 5) is 0. The number of hydrogen-bond donors (Lipinski definition) is 1. The number of hydrogen-bond acceptors (Lipinski definition) is 1. The van der Waals surface area contributed by atoms with Gasteiger partial charge in [-0.1, -0.05) is 24.3 Å². The number of aryl methyl sites for hydroxylation is 1. The van der Waals surface area contributed by atoms with E-state index in [9.17, 15) is 5.11 Å². The SMILES string of the molecule is Cc1cc(O)c(Br)c2ccccc12. The molecule has 13 heavy (non-hydrogen) atoms. The van der Waals surface area contributed by atoms with Crippen LogP contribution in [-0.2, 0) is 0 Å². The minimum absolute atomic E-state index is 0.302. The predicted molar refractivity (Wildman–Crippen MR) is 58.0 cm³/mol. The van der Waals surface area contributed by atoms with Gasteiger partial charge in [-0.15, -0.1) is 0 Å². The standard InChI is InChI=1S/C11H9BrO/c1-7-6-10(13)11(12)9-5-3-2-4-8(7)9/h2-6,13H,1H3. The summed E-state index contributed by atoms with van der Waals surface area (Å²) in [5.74, 6) is 0.302. The lowest BCUT2D eigenvalue weighted by molar-refractivity contribution is 0.472. The van der Waals surface area contributed by atoms with Crippen molar-refractivity contribution in [2.45, 2.75) is 6.92 Å². The summed E-state index contributed by atoms with van der Waals surface area (Å²) >= 11 is 3.36. The molecule has 0 saturated carbocycles. The van der Waals surface area contributed by atoms with E-state index in [1.807, 2.05) is 25.1 Å². The summed E-state index contributed by atoms with van der Waals surface area (Å²) < 4.78 is 0.772. The van der Waals surface area contributed by atoms with Crippen LogP contribution < -0.4 is 0 Å². The molecule has 0 fully saturated rings. The molecule has 0 saturated heterocycles. The molecule has 66 valence electrons. The molecule has 0 unspecified atom stereocenters. The summed E-state index contributed by atoms with van der Waals surface area (Å²) in [5, 5.41) is 11.8. The topological polar surface area (TPSA) is 20.2 Å². The highest BCUT2D eigenvalue weighted by atomic mass is 79.9. The van der Waals surface area contributed by atoms with E-state index in [-0.39, 0.29) is 0 Å². The van der Waals surface area contributed by atoms with Crippen LogP contribution in [0.4, 0.5) is 0 Å². The molecule has 1 N–H and O–H groups in total. The van der Waals surface area contributed by atoms with Gasteiger partial charge in [-0.3, -0.25) is 0 Å². The zero-order valence-electron chi connectivity index (χ0n) is 7.21. The summed E-state index contributed by atoms with van der Waals surface area (Å²) in [7, 11) is 0. The molecule has 0 atom stereocenters. The monoisotopic (exact) mass is 236 g/mol. The molecule has 0 spiro atoms. The average molecular weight is 237 g/mol. The van der Waals surface area contributed by atoms with Gasteiger partial charge in [0.25, 0.3) is 0 Å². The van der Waals surface area contributed by atoms with Crippen molar-refractivity contribution in [3.05, 3.63) is 40.4 Å². The first-order valence-electron chi connectivity index (χ1n) is 4.07. The Morgan fingerprint density at radius 2 is 1.77 bits per heavy atom. The maximum absolute atomic E-state index is 9.55. The van der Waals surface area contributed by atoms with Gasteiger partial charge in [0.2, 0.25) is 0 Å². The summed E-state index contributed by atoms with van der Waals surface area (Å²) in [6, 6.07) is 9.78. The zero-order valence-corrected chi connectivity index (χ0v) is 8.80. The van der Waals surface area contributed by atoms with Crippen LogP contribution >= 0.6 is 15.9 Å². The van der Waals surface area contributed by atoms with Crippen molar-refractivity contribution in [3.63, 3.8) is 0 Å². The van der Waals surface area contributed by atoms with Crippen molar-refractivity contribution < 1.29 is 5.11 Å². The normalized spacial score (nSPS) is 10.6. The first kappa shape index (κ1) is 8.57. The average Bonchev–Trinajstić information content (AvgIpc) is 2.15. The van der Waals surface area contributed by atoms with E-state index in [1.165, 1.54) is 5.39 Å². The summed E-state index contributed by atoms with van der Waals surface area (Å²) in [5.41, 5.74) is 1.09. The number of fused-ring (bicyclic) bond motifs is 1. The zero-order chi connectivity index (χ0) is 9.42. The van der Waals surface area contributed by atoms with Gasteiger partial charge in [0.1, 0.15) is 5.75 Å². The van der Waals surface area contributed by atoms with Gasteiger partial charge >= 0.3 is 0 Å². The van der Waals surface area contributed by atoms with E-state index in [0.29, 0.717) is 5.75 Å². The van der Waals surface area contributed by atoms with E-state index < -0.39 is 0 Å². The van der Waals surface area contributed by atoms with Crippen LogP contribution in [0.2, 0.25) is 0 Å². The third-order valence-electron chi connectivity index (χ3n) is 2.17. The lowest BCUT2D eigenvalue weighted by Gasteiger charge is -2.05. The van der Waals surface area contributed by atoms with E-state index in [1.54, 1.807) is 6.07 Å². The first-order valence-corrected chi connectivity index (χ1v) is 4.86. The van der Waals surface area contributed by atoms with Crippen molar-refractivity contribution in [2.75, 3.05) is 0 Å². The van der Waals surface area contributed by atoms with Crippen LogP contribution in [0.1, 0.15) is 5.56 Å². The molecule has 2 aromatic carbocycles. The molecule has 2 rings (SSSR count). The smallest absolute Gasteiger partial charge is 0.130 e. The minimum Gasteiger partial charge on any atom is -0.507 e. The highest BCUT2D eigenvalue weighted by Crippen LogP contribution is 2.34. The fourth-order valence-corrected chi connectivity index (χ4v) is 1.96. The number of halogens is 1. The van der Waals surface area contributed by atoms with Crippen molar-refractivity contribution in [1.29, 1.82) is 0 Å². The number of phenols is 1. The molecule has 2 heteroatoms. The quantitative estimate of drug-likeness (QED) is 0.741. The Kier molecular flexibility index (Phi) is 2.00. The molecule has 0 heterocycles. The second kappa shape index (κ2) is 3.04. The van der Waals surface area contributed by atoms with Crippen LogP contribution in [0.15, 0.2) is 34.8 Å². The lowest BCUT2D eigenvalue weighted by atomic mass is 10.1. The Balaban J connectivity index is 2.97. The minimum atomic E-state index is 0.302. The van der Waals surface area contributed by atoms with Crippen molar-refractivity contribution >= 4 is 26.7 Å². The molecule has 0 aliphatic rings. The highest BCUT2D eigenvalue weighted by Gasteiger charge is 2.05. The third kappa shape index (κ3) is 1.31. The van der Waals surface area contributed by atoms with Crippen LogP contribution in [-0.4, -0.2) is 5.11 Å². The van der Waals surface area contributed by atoms with Crippen molar-refractivity contribution in [2.24, 2.45) is 0 Å². The second-order valence-electron chi connectivity index (χ2n) is 3.07. The largest absolute Gasteiger partial charge is 0.507 e. The first-order chi connectivity index (χ1) is 6.20. The third-order valence-corrected chi connectivity index (χ3v) is 3.00. The Morgan fingerprint density at radius 1 is 1.15 bits per heavy atom. The van der Waals surface area contributed by atoms with Gasteiger partial charge in [0, 0.05) is 0 Å². The van der Waals surface area contributed by atoms with Gasteiger partial charge in [-0.25, -0.2) is 0 Å². The van der Waals surface area contributed by atoms with Gasteiger partial charge < -0.3 is 5.11 Å². The Morgan fingerprint density at radius 3 is 2.46 bits per heavy atom. The van der Waals surface area contributed by atoms with Gasteiger partial charge in [0.05, 0.1) is 4.47 Å². The Labute approximate surface area is 85.1 Å². The maximum atomic E-state index is 9.55. The van der Waals surface area contributed by atoms with Gasteiger partial charge in [-0.2, -0.15) is 0 Å². The van der Waals surface area contributed by atoms with Crippen molar-refractivity contribution in [3.8, 4) is 5.75 Å². The number of phenolic OH excluding ortho intramolecular Hbond substituents is 1. The summed E-state index contributed by atoms with van der Waals surface area (Å²) in [6.07, 6.45) is 0. The molecule has 0 aliphatic heterocycles. The number of aromatic hydroxyl groups is 1. The molecule has 2 aromatic rings. The molecular weight excluding hydrogens is 228 g/mol. The maximum Gasteiger partial charge on any atom is 0.130 e. The molecule has 0 aliphatic carbocycles. The molecule has 1 nitrogen and oxygen atoms in total.